The lowest BCUT2D eigenvalue weighted by Crippen LogP contribution is -2.09. The Labute approximate surface area is 143 Å². The van der Waals surface area contributed by atoms with E-state index in [2.05, 4.69) is 77.6 Å². The summed E-state index contributed by atoms with van der Waals surface area (Å²) < 4.78 is 2.12. The van der Waals surface area contributed by atoms with Crippen LogP contribution >= 0.6 is 0 Å². The number of hydrogen-bond acceptors (Lipinski definition) is 2. The summed E-state index contributed by atoms with van der Waals surface area (Å²) in [5.41, 5.74) is 5.37. The fraction of sp³-hybridized carbons (Fsp3) is 0.286. The minimum Gasteiger partial charge on any atom is -0.370 e. The highest BCUT2D eigenvalue weighted by Crippen LogP contribution is 2.33. The molecule has 0 saturated heterocycles. The monoisotopic (exact) mass is 317 g/mol. The molecule has 1 N–H and O–H groups in total. The summed E-state index contributed by atoms with van der Waals surface area (Å²) in [5.74, 6) is 1.57. The maximum absolute atomic E-state index is 4.90. The Hall–Kier alpha value is -2.55. The van der Waals surface area contributed by atoms with E-state index in [1.54, 1.807) is 0 Å². The summed E-state index contributed by atoms with van der Waals surface area (Å²) >= 11 is 0. The molecule has 3 heteroatoms. The molecule has 0 bridgehead atoms. The highest BCUT2D eigenvalue weighted by atomic mass is 15.3. The maximum atomic E-state index is 4.90. The molecular formula is C21H23N3. The molecule has 1 aliphatic rings. The molecule has 0 spiro atoms. The summed E-state index contributed by atoms with van der Waals surface area (Å²) in [6.07, 6.45) is 2.03. The van der Waals surface area contributed by atoms with Crippen LogP contribution in [-0.2, 0) is 19.4 Å². The molecule has 1 aromatic heterocycles. The Morgan fingerprint density at radius 1 is 1.00 bits per heavy atom. The van der Waals surface area contributed by atoms with Crippen LogP contribution in [0.4, 0.5) is 5.82 Å². The van der Waals surface area contributed by atoms with E-state index >= 15 is 0 Å². The normalized spacial score (nSPS) is 13.1. The molecule has 3 aromatic rings. The van der Waals surface area contributed by atoms with Crippen LogP contribution in [0.3, 0.4) is 0 Å². The Kier molecular flexibility index (Phi) is 4.08. The molecule has 0 atom stereocenters. The number of anilines is 1. The number of nitrogens with one attached hydrogen (secondary N) is 1. The second-order valence-electron chi connectivity index (χ2n) is 6.34. The van der Waals surface area contributed by atoms with E-state index in [0.29, 0.717) is 5.92 Å². The van der Waals surface area contributed by atoms with Gasteiger partial charge in [-0.1, -0.05) is 60.7 Å². The number of nitrogens with zero attached hydrogens (tertiary/aromatic N) is 2. The quantitative estimate of drug-likeness (QED) is 0.762. The highest BCUT2D eigenvalue weighted by Gasteiger charge is 2.24. The third kappa shape index (κ3) is 2.71. The number of aryl methyl sites for hydroxylation is 1. The predicted octanol–water partition coefficient (Wildman–Crippen LogP) is 4.25. The van der Waals surface area contributed by atoms with Gasteiger partial charge in [-0.2, -0.15) is 5.10 Å². The van der Waals surface area contributed by atoms with Crippen LogP contribution in [0.15, 0.2) is 60.7 Å². The standard InChI is InChI=1S/C21H23N3/c1-2-24-21-18(13-14-22-21)20(23-24)15-19(16-9-5-3-6-10-16)17-11-7-4-8-12-17/h3-12,19,22H,2,13-15H2,1H3. The Morgan fingerprint density at radius 2 is 1.62 bits per heavy atom. The molecule has 0 aliphatic carbocycles. The van der Waals surface area contributed by atoms with E-state index in [-0.39, 0.29) is 0 Å². The molecule has 0 amide bonds. The van der Waals surface area contributed by atoms with Crippen molar-refractivity contribution in [3.63, 3.8) is 0 Å². The second-order valence-corrected chi connectivity index (χ2v) is 6.34. The van der Waals surface area contributed by atoms with Crippen molar-refractivity contribution in [2.24, 2.45) is 0 Å². The lowest BCUT2D eigenvalue weighted by Gasteiger charge is -2.17. The van der Waals surface area contributed by atoms with Gasteiger partial charge in [-0.05, 0) is 24.5 Å². The van der Waals surface area contributed by atoms with Gasteiger partial charge in [0.2, 0.25) is 0 Å². The van der Waals surface area contributed by atoms with E-state index in [1.165, 1.54) is 28.2 Å². The van der Waals surface area contributed by atoms with E-state index < -0.39 is 0 Å². The molecule has 2 heterocycles. The predicted molar refractivity (Wildman–Crippen MR) is 98.5 cm³/mol. The smallest absolute Gasteiger partial charge is 0.127 e. The van der Waals surface area contributed by atoms with E-state index in [4.69, 9.17) is 5.10 Å². The first-order valence-electron chi connectivity index (χ1n) is 8.79. The fourth-order valence-electron chi connectivity index (χ4n) is 3.70. The molecule has 1 aliphatic heterocycles. The third-order valence-corrected chi connectivity index (χ3v) is 4.90. The van der Waals surface area contributed by atoms with Crippen molar-refractivity contribution >= 4 is 5.82 Å². The zero-order valence-electron chi connectivity index (χ0n) is 14.1. The van der Waals surface area contributed by atoms with Crippen LogP contribution in [0.2, 0.25) is 0 Å². The van der Waals surface area contributed by atoms with Crippen molar-refractivity contribution in [1.29, 1.82) is 0 Å². The lowest BCUT2D eigenvalue weighted by atomic mass is 9.86. The van der Waals surface area contributed by atoms with Crippen LogP contribution < -0.4 is 5.32 Å². The fourth-order valence-corrected chi connectivity index (χ4v) is 3.70. The van der Waals surface area contributed by atoms with Gasteiger partial charge < -0.3 is 5.32 Å². The van der Waals surface area contributed by atoms with Gasteiger partial charge >= 0.3 is 0 Å². The van der Waals surface area contributed by atoms with Crippen molar-refractivity contribution in [3.8, 4) is 0 Å². The highest BCUT2D eigenvalue weighted by molar-refractivity contribution is 5.53. The minimum atomic E-state index is 0.345. The minimum absolute atomic E-state index is 0.345. The van der Waals surface area contributed by atoms with Crippen LogP contribution in [0.5, 0.6) is 0 Å². The number of fused-ring (bicyclic) bond motifs is 1. The van der Waals surface area contributed by atoms with Crippen LogP contribution in [0.1, 0.15) is 35.2 Å². The summed E-state index contributed by atoms with van der Waals surface area (Å²) in [7, 11) is 0. The first-order valence-corrected chi connectivity index (χ1v) is 8.79. The molecule has 122 valence electrons. The molecule has 2 aromatic carbocycles. The van der Waals surface area contributed by atoms with Gasteiger partial charge in [0.05, 0.1) is 5.69 Å². The first kappa shape index (κ1) is 15.0. The van der Waals surface area contributed by atoms with E-state index in [9.17, 15) is 0 Å². The van der Waals surface area contributed by atoms with Crippen molar-refractivity contribution in [1.82, 2.24) is 9.78 Å². The Balaban J connectivity index is 1.73. The van der Waals surface area contributed by atoms with Crippen molar-refractivity contribution in [2.45, 2.75) is 32.2 Å². The van der Waals surface area contributed by atoms with Gasteiger partial charge in [-0.25, -0.2) is 4.68 Å². The zero-order valence-corrected chi connectivity index (χ0v) is 14.1. The molecule has 4 rings (SSSR count). The molecule has 0 saturated carbocycles. The lowest BCUT2D eigenvalue weighted by molar-refractivity contribution is 0.641. The second kappa shape index (κ2) is 6.52. The molecule has 0 fully saturated rings. The van der Waals surface area contributed by atoms with Crippen molar-refractivity contribution in [2.75, 3.05) is 11.9 Å². The largest absolute Gasteiger partial charge is 0.370 e. The molecule has 24 heavy (non-hydrogen) atoms. The third-order valence-electron chi connectivity index (χ3n) is 4.90. The molecule has 0 unspecified atom stereocenters. The van der Waals surface area contributed by atoms with E-state index in [0.717, 1.165) is 25.9 Å². The summed E-state index contributed by atoms with van der Waals surface area (Å²) in [5, 5.41) is 8.39. The van der Waals surface area contributed by atoms with Gasteiger partial charge in [0, 0.05) is 31.0 Å². The average molecular weight is 317 g/mol. The maximum Gasteiger partial charge on any atom is 0.127 e. The van der Waals surface area contributed by atoms with Crippen LogP contribution in [-0.4, -0.2) is 16.3 Å². The Morgan fingerprint density at radius 3 is 2.21 bits per heavy atom. The first-order chi connectivity index (χ1) is 11.9. The van der Waals surface area contributed by atoms with Crippen molar-refractivity contribution < 1.29 is 0 Å². The van der Waals surface area contributed by atoms with Crippen molar-refractivity contribution in [3.05, 3.63) is 83.0 Å². The van der Waals surface area contributed by atoms with Gasteiger partial charge in [0.15, 0.2) is 0 Å². The molecule has 3 nitrogen and oxygen atoms in total. The van der Waals surface area contributed by atoms with Gasteiger partial charge in [-0.15, -0.1) is 0 Å². The zero-order chi connectivity index (χ0) is 16.4. The van der Waals surface area contributed by atoms with Crippen LogP contribution in [0, 0.1) is 0 Å². The van der Waals surface area contributed by atoms with Gasteiger partial charge in [0.25, 0.3) is 0 Å². The SMILES string of the molecule is CCn1nc(CC(c2ccccc2)c2ccccc2)c2c1NCC2. The topological polar surface area (TPSA) is 29.9 Å². The average Bonchev–Trinajstić information content (AvgIpc) is 3.24. The van der Waals surface area contributed by atoms with Gasteiger partial charge in [0.1, 0.15) is 5.82 Å². The summed E-state index contributed by atoms with van der Waals surface area (Å²) in [6, 6.07) is 21.6. The number of hydrogen-bond donors (Lipinski definition) is 1. The Bertz CT molecular complexity index is 766. The number of benzene rings is 2. The number of aromatic nitrogens is 2. The summed E-state index contributed by atoms with van der Waals surface area (Å²) in [4.78, 5) is 0. The number of rotatable bonds is 5. The van der Waals surface area contributed by atoms with Crippen LogP contribution in [0.25, 0.3) is 0 Å². The van der Waals surface area contributed by atoms with Gasteiger partial charge in [-0.3, -0.25) is 0 Å². The molecular weight excluding hydrogens is 294 g/mol. The summed E-state index contributed by atoms with van der Waals surface area (Å²) in [6.45, 7) is 4.10. The van der Waals surface area contributed by atoms with E-state index in [1.807, 2.05) is 0 Å². The molecule has 0 radical (unpaired) electrons.